The molecule has 1 aromatic carbocycles. The van der Waals surface area contributed by atoms with Gasteiger partial charge in [-0.1, -0.05) is 11.6 Å². The lowest BCUT2D eigenvalue weighted by molar-refractivity contribution is -0.147. The fourth-order valence-electron chi connectivity index (χ4n) is 0.975. The Morgan fingerprint density at radius 1 is 1.44 bits per heavy atom. The van der Waals surface area contributed by atoms with Crippen LogP contribution < -0.4 is 10.2 Å². The maximum atomic E-state index is 12.8. The van der Waals surface area contributed by atoms with Crippen molar-refractivity contribution in [3.05, 3.63) is 29.0 Å². The standard InChI is InChI=1S/C12H15ClFNO3/c1-12(2,3)18-15-11(16)7-17-10-5-4-8(14)6-9(10)13/h4-6H,7H2,1-3H3,(H,15,16). The molecule has 1 N–H and O–H groups in total. The molecule has 0 heterocycles. The smallest absolute Gasteiger partial charge is 0.281 e. The Balaban J connectivity index is 2.43. The molecule has 4 nitrogen and oxygen atoms in total. The molecule has 0 spiro atoms. The lowest BCUT2D eigenvalue weighted by Crippen LogP contribution is -2.36. The predicted molar refractivity (Wildman–Crippen MR) is 65.9 cm³/mol. The minimum atomic E-state index is -0.483. The fraction of sp³-hybridized carbons (Fsp3) is 0.417. The van der Waals surface area contributed by atoms with Gasteiger partial charge in [0, 0.05) is 0 Å². The van der Waals surface area contributed by atoms with Crippen molar-refractivity contribution in [1.29, 1.82) is 0 Å². The van der Waals surface area contributed by atoms with E-state index in [1.54, 1.807) is 20.8 Å². The van der Waals surface area contributed by atoms with Crippen LogP contribution in [0.25, 0.3) is 0 Å². The lowest BCUT2D eigenvalue weighted by atomic mass is 10.2. The normalized spacial score (nSPS) is 11.2. The Labute approximate surface area is 110 Å². The number of nitrogens with one attached hydrogen (secondary N) is 1. The van der Waals surface area contributed by atoms with Crippen LogP contribution in [0, 0.1) is 5.82 Å². The summed E-state index contributed by atoms with van der Waals surface area (Å²) in [4.78, 5) is 16.4. The zero-order valence-electron chi connectivity index (χ0n) is 10.4. The second kappa shape index (κ2) is 6.02. The quantitative estimate of drug-likeness (QED) is 0.860. The molecule has 1 aromatic rings. The van der Waals surface area contributed by atoms with E-state index in [1.165, 1.54) is 12.1 Å². The minimum absolute atomic E-state index is 0.111. The molecule has 0 aliphatic carbocycles. The topological polar surface area (TPSA) is 47.6 Å². The van der Waals surface area contributed by atoms with Crippen molar-refractivity contribution in [2.75, 3.05) is 6.61 Å². The molecular formula is C12H15ClFNO3. The van der Waals surface area contributed by atoms with Crippen molar-refractivity contribution < 1.29 is 18.8 Å². The van der Waals surface area contributed by atoms with Crippen molar-refractivity contribution in [3.8, 4) is 5.75 Å². The zero-order valence-corrected chi connectivity index (χ0v) is 11.2. The first kappa shape index (κ1) is 14.7. The zero-order chi connectivity index (χ0) is 13.8. The predicted octanol–water partition coefficient (Wildman–Crippen LogP) is 2.70. The van der Waals surface area contributed by atoms with Crippen LogP contribution in [-0.4, -0.2) is 18.1 Å². The van der Waals surface area contributed by atoms with E-state index in [9.17, 15) is 9.18 Å². The maximum Gasteiger partial charge on any atom is 0.281 e. The summed E-state index contributed by atoms with van der Waals surface area (Å²) in [5, 5.41) is 0.111. The molecule has 0 saturated carbocycles. The van der Waals surface area contributed by atoms with E-state index < -0.39 is 17.3 Å². The second-order valence-corrected chi connectivity index (χ2v) is 5.01. The number of hydrogen-bond donors (Lipinski definition) is 1. The average Bonchev–Trinajstić information content (AvgIpc) is 2.24. The molecule has 0 saturated heterocycles. The summed E-state index contributed by atoms with van der Waals surface area (Å²) in [6.45, 7) is 5.13. The van der Waals surface area contributed by atoms with Gasteiger partial charge in [-0.15, -0.1) is 0 Å². The van der Waals surface area contributed by atoms with Gasteiger partial charge in [0.05, 0.1) is 10.6 Å². The molecule has 0 aromatic heterocycles. The first-order chi connectivity index (χ1) is 8.28. The van der Waals surface area contributed by atoms with E-state index in [-0.39, 0.29) is 17.4 Å². The number of halogens is 2. The molecule has 6 heteroatoms. The third kappa shape index (κ3) is 5.33. The SMILES string of the molecule is CC(C)(C)ONC(=O)COc1ccc(F)cc1Cl. The largest absolute Gasteiger partial charge is 0.482 e. The molecule has 0 unspecified atom stereocenters. The van der Waals surface area contributed by atoms with E-state index >= 15 is 0 Å². The van der Waals surface area contributed by atoms with Crippen molar-refractivity contribution in [3.63, 3.8) is 0 Å². The van der Waals surface area contributed by atoms with Gasteiger partial charge in [-0.3, -0.25) is 9.63 Å². The van der Waals surface area contributed by atoms with Crippen molar-refractivity contribution in [1.82, 2.24) is 5.48 Å². The molecular weight excluding hydrogens is 261 g/mol. The van der Waals surface area contributed by atoms with Crippen molar-refractivity contribution in [2.45, 2.75) is 26.4 Å². The number of amides is 1. The van der Waals surface area contributed by atoms with E-state index in [4.69, 9.17) is 21.2 Å². The first-order valence-electron chi connectivity index (χ1n) is 5.32. The van der Waals surface area contributed by atoms with Gasteiger partial charge in [0.2, 0.25) is 0 Å². The Hall–Kier alpha value is -1.33. The maximum absolute atomic E-state index is 12.8. The van der Waals surface area contributed by atoms with Gasteiger partial charge in [-0.05, 0) is 39.0 Å². The van der Waals surface area contributed by atoms with Crippen LogP contribution in [-0.2, 0) is 9.63 Å². The summed E-state index contributed by atoms with van der Waals surface area (Å²) in [5.74, 6) is -0.679. The Bertz CT molecular complexity index is 432. The van der Waals surface area contributed by atoms with Gasteiger partial charge in [-0.25, -0.2) is 9.87 Å². The van der Waals surface area contributed by atoms with Gasteiger partial charge in [-0.2, -0.15) is 0 Å². The molecule has 0 atom stereocenters. The van der Waals surface area contributed by atoms with Gasteiger partial charge in [0.1, 0.15) is 11.6 Å². The summed E-state index contributed by atoms with van der Waals surface area (Å²) in [5.41, 5.74) is 1.76. The Kier molecular flexibility index (Phi) is 4.93. The van der Waals surface area contributed by atoms with Crippen LogP contribution in [0.15, 0.2) is 18.2 Å². The first-order valence-corrected chi connectivity index (χ1v) is 5.70. The number of hydroxylamine groups is 1. The van der Waals surface area contributed by atoms with Gasteiger partial charge >= 0.3 is 0 Å². The molecule has 0 radical (unpaired) electrons. The molecule has 100 valence electrons. The molecule has 0 aliphatic rings. The minimum Gasteiger partial charge on any atom is -0.482 e. The third-order valence-electron chi connectivity index (χ3n) is 1.72. The lowest BCUT2D eigenvalue weighted by Gasteiger charge is -2.19. The monoisotopic (exact) mass is 275 g/mol. The number of carbonyl (C=O) groups is 1. The van der Waals surface area contributed by atoms with Crippen LogP contribution in [0.3, 0.4) is 0 Å². The van der Waals surface area contributed by atoms with Crippen LogP contribution in [0.1, 0.15) is 20.8 Å². The van der Waals surface area contributed by atoms with E-state index in [1.807, 2.05) is 0 Å². The number of benzene rings is 1. The van der Waals surface area contributed by atoms with Crippen LogP contribution in [0.5, 0.6) is 5.75 Å². The highest BCUT2D eigenvalue weighted by molar-refractivity contribution is 6.32. The van der Waals surface area contributed by atoms with E-state index in [2.05, 4.69) is 5.48 Å². The number of hydrogen-bond acceptors (Lipinski definition) is 3. The molecule has 0 aliphatic heterocycles. The number of carbonyl (C=O) groups excluding carboxylic acids is 1. The molecule has 18 heavy (non-hydrogen) atoms. The molecule has 0 bridgehead atoms. The average molecular weight is 276 g/mol. The number of ether oxygens (including phenoxy) is 1. The number of rotatable bonds is 4. The van der Waals surface area contributed by atoms with Crippen LogP contribution in [0.2, 0.25) is 5.02 Å². The molecule has 1 amide bonds. The molecule has 1 rings (SSSR count). The Morgan fingerprint density at radius 3 is 2.67 bits per heavy atom. The van der Waals surface area contributed by atoms with Gasteiger partial charge in [0.15, 0.2) is 6.61 Å². The summed E-state index contributed by atoms with van der Waals surface area (Å²) in [6, 6.07) is 3.67. The summed E-state index contributed by atoms with van der Waals surface area (Å²) in [7, 11) is 0. The summed E-state index contributed by atoms with van der Waals surface area (Å²) < 4.78 is 17.9. The van der Waals surface area contributed by atoms with Gasteiger partial charge in [0.25, 0.3) is 5.91 Å². The van der Waals surface area contributed by atoms with Crippen LogP contribution in [0.4, 0.5) is 4.39 Å². The Morgan fingerprint density at radius 2 is 2.11 bits per heavy atom. The highest BCUT2D eigenvalue weighted by Gasteiger charge is 2.13. The molecule has 0 fully saturated rings. The van der Waals surface area contributed by atoms with E-state index in [0.29, 0.717) is 0 Å². The third-order valence-corrected chi connectivity index (χ3v) is 2.02. The fourth-order valence-corrected chi connectivity index (χ4v) is 1.20. The van der Waals surface area contributed by atoms with E-state index in [0.717, 1.165) is 6.07 Å². The summed E-state index contributed by atoms with van der Waals surface area (Å²) >= 11 is 5.73. The van der Waals surface area contributed by atoms with Crippen molar-refractivity contribution >= 4 is 17.5 Å². The van der Waals surface area contributed by atoms with Gasteiger partial charge < -0.3 is 4.74 Å². The second-order valence-electron chi connectivity index (χ2n) is 4.60. The summed E-state index contributed by atoms with van der Waals surface area (Å²) in [6.07, 6.45) is 0. The highest BCUT2D eigenvalue weighted by Crippen LogP contribution is 2.24. The van der Waals surface area contributed by atoms with Crippen molar-refractivity contribution in [2.24, 2.45) is 0 Å². The van der Waals surface area contributed by atoms with Crippen LogP contribution >= 0.6 is 11.6 Å². The highest BCUT2D eigenvalue weighted by atomic mass is 35.5.